The molecule has 6 nitrogen and oxygen atoms in total. The summed E-state index contributed by atoms with van der Waals surface area (Å²) in [7, 11) is 1.35. The lowest BCUT2D eigenvalue weighted by Gasteiger charge is -2.31. The Hall–Kier alpha value is -2.31. The number of carbonyl (C=O) groups excluding carboxylic acids is 2. The second-order valence-electron chi connectivity index (χ2n) is 5.29. The highest BCUT2D eigenvalue weighted by molar-refractivity contribution is 5.89. The molecular weight excluding hydrogens is 289 g/mol. The number of hydrogen-bond donors (Lipinski definition) is 2. The van der Waals surface area contributed by atoms with Crippen LogP contribution in [0.2, 0.25) is 0 Å². The smallest absolute Gasteiger partial charge is 0.409 e. The van der Waals surface area contributed by atoms with Crippen molar-refractivity contribution in [3.8, 4) is 0 Å². The van der Waals surface area contributed by atoms with Gasteiger partial charge in [0.1, 0.15) is 5.82 Å². The van der Waals surface area contributed by atoms with E-state index < -0.39 is 0 Å². The van der Waals surface area contributed by atoms with Gasteiger partial charge in [0.25, 0.3) is 0 Å². The van der Waals surface area contributed by atoms with Gasteiger partial charge in [0.2, 0.25) is 0 Å². The fourth-order valence-corrected chi connectivity index (χ4v) is 2.36. The fraction of sp³-hybridized carbons (Fsp3) is 0.467. The molecular formula is C15H20FN3O3. The first-order valence-electron chi connectivity index (χ1n) is 7.16. The summed E-state index contributed by atoms with van der Waals surface area (Å²) in [4.78, 5) is 24.9. The van der Waals surface area contributed by atoms with Crippen LogP contribution in [-0.4, -0.2) is 43.3 Å². The second-order valence-corrected chi connectivity index (χ2v) is 5.29. The molecule has 0 unspecified atom stereocenters. The van der Waals surface area contributed by atoms with Gasteiger partial charge in [-0.15, -0.1) is 0 Å². The first-order chi connectivity index (χ1) is 10.5. The van der Waals surface area contributed by atoms with Crippen LogP contribution in [0.15, 0.2) is 18.2 Å². The molecule has 1 fully saturated rings. The molecule has 0 bridgehead atoms. The van der Waals surface area contributed by atoms with Crippen LogP contribution in [0.1, 0.15) is 18.4 Å². The summed E-state index contributed by atoms with van der Waals surface area (Å²) in [6, 6.07) is 4.16. The van der Waals surface area contributed by atoms with E-state index in [9.17, 15) is 14.0 Å². The van der Waals surface area contributed by atoms with Gasteiger partial charge in [0.15, 0.2) is 0 Å². The van der Waals surface area contributed by atoms with Crippen molar-refractivity contribution >= 4 is 17.8 Å². The number of hydrogen-bond acceptors (Lipinski definition) is 3. The van der Waals surface area contributed by atoms with Crippen molar-refractivity contribution in [3.05, 3.63) is 29.6 Å². The topological polar surface area (TPSA) is 70.7 Å². The maximum absolute atomic E-state index is 13.4. The Labute approximate surface area is 128 Å². The Morgan fingerprint density at radius 1 is 1.32 bits per heavy atom. The molecule has 3 amide bonds. The lowest BCUT2D eigenvalue weighted by molar-refractivity contribution is 0.110. The number of carbonyl (C=O) groups is 2. The number of benzene rings is 1. The van der Waals surface area contributed by atoms with Crippen molar-refractivity contribution in [2.45, 2.75) is 25.8 Å². The molecule has 0 radical (unpaired) electrons. The van der Waals surface area contributed by atoms with Crippen molar-refractivity contribution in [3.63, 3.8) is 0 Å². The lowest BCUT2D eigenvalue weighted by atomic mass is 10.1. The van der Waals surface area contributed by atoms with E-state index in [0.717, 1.165) is 0 Å². The SMILES string of the molecule is COC(=O)N1CCC(NC(=O)Nc2ccc(C)c(F)c2)CC1. The summed E-state index contributed by atoms with van der Waals surface area (Å²) in [6.07, 6.45) is 0.966. The summed E-state index contributed by atoms with van der Waals surface area (Å²) >= 11 is 0. The summed E-state index contributed by atoms with van der Waals surface area (Å²) in [5.74, 6) is -0.357. The third kappa shape index (κ3) is 4.09. The van der Waals surface area contributed by atoms with Gasteiger partial charge in [-0.1, -0.05) is 6.07 Å². The van der Waals surface area contributed by atoms with Gasteiger partial charge in [0.05, 0.1) is 7.11 Å². The molecule has 2 N–H and O–H groups in total. The molecule has 1 saturated heterocycles. The second kappa shape index (κ2) is 7.11. The van der Waals surface area contributed by atoms with Crippen LogP contribution in [0.25, 0.3) is 0 Å². The number of nitrogens with one attached hydrogen (secondary N) is 2. The molecule has 0 aromatic heterocycles. The number of ether oxygens (including phenoxy) is 1. The van der Waals surface area contributed by atoms with E-state index >= 15 is 0 Å². The highest BCUT2D eigenvalue weighted by Gasteiger charge is 2.24. The number of nitrogens with zero attached hydrogens (tertiary/aromatic N) is 1. The Morgan fingerprint density at radius 2 is 2.00 bits per heavy atom. The fourth-order valence-electron chi connectivity index (χ4n) is 2.36. The normalized spacial score (nSPS) is 15.3. The molecule has 0 aliphatic carbocycles. The number of piperidine rings is 1. The number of urea groups is 1. The van der Waals surface area contributed by atoms with E-state index in [1.165, 1.54) is 13.2 Å². The molecule has 1 aromatic rings. The zero-order valence-electron chi connectivity index (χ0n) is 12.7. The minimum Gasteiger partial charge on any atom is -0.453 e. The molecule has 0 spiro atoms. The molecule has 1 aliphatic rings. The number of methoxy groups -OCH3 is 1. The van der Waals surface area contributed by atoms with Gasteiger partial charge < -0.3 is 20.3 Å². The predicted molar refractivity (Wildman–Crippen MR) is 80.3 cm³/mol. The van der Waals surface area contributed by atoms with Crippen LogP contribution in [-0.2, 0) is 4.74 Å². The standard InChI is InChI=1S/C15H20FN3O3/c1-10-3-4-12(9-13(10)16)18-14(20)17-11-5-7-19(8-6-11)15(21)22-2/h3-4,9,11H,5-8H2,1-2H3,(H2,17,18,20). The van der Waals surface area contributed by atoms with E-state index in [4.69, 9.17) is 0 Å². The molecule has 22 heavy (non-hydrogen) atoms. The molecule has 0 atom stereocenters. The van der Waals surface area contributed by atoms with Gasteiger partial charge >= 0.3 is 12.1 Å². The van der Waals surface area contributed by atoms with Crippen LogP contribution in [0.3, 0.4) is 0 Å². The Kier molecular flexibility index (Phi) is 5.19. The first-order valence-corrected chi connectivity index (χ1v) is 7.16. The van der Waals surface area contributed by atoms with Gasteiger partial charge in [-0.05, 0) is 37.5 Å². The van der Waals surface area contributed by atoms with Crippen molar-refractivity contribution in [1.29, 1.82) is 0 Å². The average molecular weight is 309 g/mol. The molecule has 120 valence electrons. The maximum Gasteiger partial charge on any atom is 0.409 e. The zero-order chi connectivity index (χ0) is 16.1. The number of amides is 3. The summed E-state index contributed by atoms with van der Waals surface area (Å²) in [5.41, 5.74) is 0.939. The minimum absolute atomic E-state index is 0.0174. The van der Waals surface area contributed by atoms with Crippen LogP contribution in [0.5, 0.6) is 0 Å². The van der Waals surface area contributed by atoms with Gasteiger partial charge in [-0.25, -0.2) is 14.0 Å². The predicted octanol–water partition coefficient (Wildman–Crippen LogP) is 2.49. The van der Waals surface area contributed by atoms with Crippen LogP contribution >= 0.6 is 0 Å². The van der Waals surface area contributed by atoms with Gasteiger partial charge in [0, 0.05) is 24.8 Å². The van der Waals surface area contributed by atoms with Crippen LogP contribution in [0.4, 0.5) is 19.7 Å². The Balaban J connectivity index is 1.80. The van der Waals surface area contributed by atoms with Crippen molar-refractivity contribution in [2.24, 2.45) is 0 Å². The number of aryl methyl sites for hydroxylation is 1. The van der Waals surface area contributed by atoms with Crippen LogP contribution < -0.4 is 10.6 Å². The van der Waals surface area contributed by atoms with E-state index in [2.05, 4.69) is 15.4 Å². The number of likely N-dealkylation sites (tertiary alicyclic amines) is 1. The molecule has 0 saturated carbocycles. The van der Waals surface area contributed by atoms with E-state index in [1.54, 1.807) is 24.0 Å². The van der Waals surface area contributed by atoms with Gasteiger partial charge in [-0.2, -0.15) is 0 Å². The number of halogens is 1. The monoisotopic (exact) mass is 309 g/mol. The zero-order valence-corrected chi connectivity index (χ0v) is 12.7. The Morgan fingerprint density at radius 3 is 2.59 bits per heavy atom. The van der Waals surface area contributed by atoms with Gasteiger partial charge in [-0.3, -0.25) is 0 Å². The summed E-state index contributed by atoms with van der Waals surface area (Å²) in [5, 5.41) is 5.43. The van der Waals surface area contributed by atoms with E-state index in [1.807, 2.05) is 0 Å². The molecule has 7 heteroatoms. The minimum atomic E-state index is -0.375. The van der Waals surface area contributed by atoms with Crippen molar-refractivity contribution < 1.29 is 18.7 Å². The van der Waals surface area contributed by atoms with Crippen molar-refractivity contribution in [2.75, 3.05) is 25.5 Å². The third-order valence-electron chi connectivity index (χ3n) is 3.69. The third-order valence-corrected chi connectivity index (χ3v) is 3.69. The number of anilines is 1. The largest absolute Gasteiger partial charge is 0.453 e. The highest BCUT2D eigenvalue weighted by atomic mass is 19.1. The summed E-state index contributed by atoms with van der Waals surface area (Å²) in [6.45, 7) is 2.74. The molecule has 1 aliphatic heterocycles. The molecule has 1 heterocycles. The quantitative estimate of drug-likeness (QED) is 0.881. The summed E-state index contributed by atoms with van der Waals surface area (Å²) < 4.78 is 18.1. The van der Waals surface area contributed by atoms with Crippen molar-refractivity contribution in [1.82, 2.24) is 10.2 Å². The molecule has 1 aromatic carbocycles. The number of rotatable bonds is 2. The highest BCUT2D eigenvalue weighted by Crippen LogP contribution is 2.14. The van der Waals surface area contributed by atoms with E-state index in [-0.39, 0.29) is 24.0 Å². The lowest BCUT2D eigenvalue weighted by Crippen LogP contribution is -2.47. The Bertz CT molecular complexity index is 557. The van der Waals surface area contributed by atoms with E-state index in [0.29, 0.717) is 37.2 Å². The molecule has 2 rings (SSSR count). The van der Waals surface area contributed by atoms with Crippen LogP contribution in [0, 0.1) is 12.7 Å². The average Bonchev–Trinajstić information content (AvgIpc) is 2.51. The first kappa shape index (κ1) is 16.1. The maximum atomic E-state index is 13.4.